The molecule has 1 aromatic rings. The summed E-state index contributed by atoms with van der Waals surface area (Å²) in [4.78, 5) is 30.4. The van der Waals surface area contributed by atoms with Gasteiger partial charge in [-0.05, 0) is 14.0 Å². The van der Waals surface area contributed by atoms with Crippen molar-refractivity contribution in [3.63, 3.8) is 0 Å². The highest BCUT2D eigenvalue weighted by Gasteiger charge is 2.45. The maximum absolute atomic E-state index is 12.4. The molecule has 0 N–H and O–H groups in total. The van der Waals surface area contributed by atoms with E-state index in [0.29, 0.717) is 11.4 Å². The maximum atomic E-state index is 12.4. The first kappa shape index (κ1) is 15.9. The molecule has 1 fully saturated rings. The van der Waals surface area contributed by atoms with E-state index < -0.39 is 30.6 Å². The number of rotatable bonds is 4. The molecule has 1 aromatic heterocycles. The lowest BCUT2D eigenvalue weighted by Crippen LogP contribution is -2.43. The highest BCUT2D eigenvalue weighted by Crippen LogP contribution is 2.25. The predicted octanol–water partition coefficient (Wildman–Crippen LogP) is 1.57. The van der Waals surface area contributed by atoms with Crippen LogP contribution in [0.15, 0.2) is 6.20 Å². The van der Waals surface area contributed by atoms with Crippen LogP contribution >= 0.6 is 11.3 Å². The molecule has 0 aliphatic carbocycles. The molecule has 0 unspecified atom stereocenters. The molecular formula is C12H14F3N3O2S. The molecule has 2 heterocycles. The Morgan fingerprint density at radius 1 is 1.48 bits per heavy atom. The van der Waals surface area contributed by atoms with E-state index >= 15 is 0 Å². The van der Waals surface area contributed by atoms with Crippen molar-refractivity contribution in [2.45, 2.75) is 32.1 Å². The van der Waals surface area contributed by atoms with Gasteiger partial charge in [0, 0.05) is 17.6 Å². The predicted molar refractivity (Wildman–Crippen MR) is 69.5 cm³/mol. The number of thiazole rings is 1. The van der Waals surface area contributed by atoms with Crippen molar-refractivity contribution in [2.24, 2.45) is 0 Å². The van der Waals surface area contributed by atoms with E-state index in [0.717, 1.165) is 9.88 Å². The van der Waals surface area contributed by atoms with Crippen LogP contribution in [0.2, 0.25) is 0 Å². The summed E-state index contributed by atoms with van der Waals surface area (Å²) in [6.07, 6.45) is -3.14. The number of aromatic nitrogens is 1. The van der Waals surface area contributed by atoms with Gasteiger partial charge in [-0.15, -0.1) is 11.3 Å². The Labute approximate surface area is 123 Å². The number of halogens is 3. The number of imide groups is 1. The van der Waals surface area contributed by atoms with E-state index in [1.165, 1.54) is 11.3 Å². The van der Waals surface area contributed by atoms with E-state index in [4.69, 9.17) is 0 Å². The molecule has 0 bridgehead atoms. The van der Waals surface area contributed by atoms with Crippen LogP contribution in [-0.4, -0.2) is 52.4 Å². The van der Waals surface area contributed by atoms with Crippen LogP contribution in [0.4, 0.5) is 13.2 Å². The highest BCUT2D eigenvalue weighted by molar-refractivity contribution is 7.11. The maximum Gasteiger partial charge on any atom is 0.406 e. The van der Waals surface area contributed by atoms with Gasteiger partial charge in [0.05, 0.1) is 17.5 Å². The van der Waals surface area contributed by atoms with Gasteiger partial charge in [-0.25, -0.2) is 4.98 Å². The molecule has 21 heavy (non-hydrogen) atoms. The quantitative estimate of drug-likeness (QED) is 0.790. The molecular weight excluding hydrogens is 307 g/mol. The summed E-state index contributed by atoms with van der Waals surface area (Å²) in [6, 6.07) is -0.845. The lowest BCUT2D eigenvalue weighted by Gasteiger charge is -2.22. The second-order valence-electron chi connectivity index (χ2n) is 4.91. The Morgan fingerprint density at radius 3 is 2.67 bits per heavy atom. The number of nitrogens with zero attached hydrogens (tertiary/aromatic N) is 3. The number of hydrogen-bond acceptors (Lipinski definition) is 5. The smallest absolute Gasteiger partial charge is 0.289 e. The van der Waals surface area contributed by atoms with E-state index in [9.17, 15) is 22.8 Å². The number of carbonyl (C=O) groups excluding carboxylic acids is 2. The largest absolute Gasteiger partial charge is 0.406 e. The summed E-state index contributed by atoms with van der Waals surface area (Å²) < 4.78 is 37.1. The first-order chi connectivity index (χ1) is 9.67. The van der Waals surface area contributed by atoms with Crippen LogP contribution in [0.25, 0.3) is 0 Å². The average molecular weight is 321 g/mol. The van der Waals surface area contributed by atoms with Crippen LogP contribution < -0.4 is 0 Å². The molecule has 1 aliphatic heterocycles. The van der Waals surface area contributed by atoms with Crippen LogP contribution in [0.5, 0.6) is 0 Å². The third-order valence-corrected chi connectivity index (χ3v) is 4.06. The number of alkyl halides is 3. The van der Waals surface area contributed by atoms with Crippen molar-refractivity contribution >= 4 is 23.2 Å². The summed E-state index contributed by atoms with van der Waals surface area (Å²) in [7, 11) is 1.61. The van der Waals surface area contributed by atoms with Gasteiger partial charge in [-0.3, -0.25) is 19.4 Å². The topological polar surface area (TPSA) is 53.5 Å². The van der Waals surface area contributed by atoms with Crippen molar-refractivity contribution < 1.29 is 22.8 Å². The minimum atomic E-state index is -4.58. The summed E-state index contributed by atoms with van der Waals surface area (Å²) in [6.45, 7) is 0.688. The fourth-order valence-electron chi connectivity index (χ4n) is 2.19. The number of likely N-dealkylation sites (N-methyl/N-ethyl adjacent to an activating group) is 1. The normalized spacial score (nSPS) is 19.9. The minimum Gasteiger partial charge on any atom is -0.289 e. The van der Waals surface area contributed by atoms with Crippen molar-refractivity contribution in [2.75, 3.05) is 13.6 Å². The molecule has 2 amide bonds. The molecule has 2 rings (SSSR count). The standard InChI is InChI=1S/C12H14F3N3O2S/c1-7-16-4-8(21-7)5-17(2)9-3-10(19)18(11(9)20)6-12(13,14)15/h4,9H,3,5-6H2,1-2H3/t9-/m1/s1. The first-order valence-corrected chi connectivity index (χ1v) is 7.01. The fraction of sp³-hybridized carbons (Fsp3) is 0.583. The zero-order valence-electron chi connectivity index (χ0n) is 11.5. The van der Waals surface area contributed by atoms with Crippen LogP contribution in [0.1, 0.15) is 16.3 Å². The van der Waals surface area contributed by atoms with Gasteiger partial charge in [-0.1, -0.05) is 0 Å². The van der Waals surface area contributed by atoms with Crippen molar-refractivity contribution in [3.05, 3.63) is 16.1 Å². The van der Waals surface area contributed by atoms with E-state index in [-0.39, 0.29) is 6.42 Å². The summed E-state index contributed by atoms with van der Waals surface area (Å²) in [5, 5.41) is 0.867. The number of hydrogen-bond donors (Lipinski definition) is 0. The van der Waals surface area contributed by atoms with Gasteiger partial charge < -0.3 is 0 Å². The Bertz CT molecular complexity index is 558. The third-order valence-electron chi connectivity index (χ3n) is 3.16. The molecule has 0 radical (unpaired) electrons. The summed E-state index contributed by atoms with van der Waals surface area (Å²) in [5.41, 5.74) is 0. The monoisotopic (exact) mass is 321 g/mol. The van der Waals surface area contributed by atoms with E-state index in [1.807, 2.05) is 6.92 Å². The minimum absolute atomic E-state index is 0.219. The third kappa shape index (κ3) is 3.79. The molecule has 9 heteroatoms. The number of aryl methyl sites for hydroxylation is 1. The molecule has 0 spiro atoms. The van der Waals surface area contributed by atoms with Crippen molar-refractivity contribution in [1.82, 2.24) is 14.8 Å². The van der Waals surface area contributed by atoms with Gasteiger partial charge in [-0.2, -0.15) is 13.2 Å². The Hall–Kier alpha value is -1.48. The molecule has 116 valence electrons. The Kier molecular flexibility index (Phi) is 4.33. The van der Waals surface area contributed by atoms with Gasteiger partial charge in [0.1, 0.15) is 6.54 Å². The molecule has 0 saturated carbocycles. The molecule has 5 nitrogen and oxygen atoms in total. The van der Waals surface area contributed by atoms with Crippen molar-refractivity contribution in [1.29, 1.82) is 0 Å². The van der Waals surface area contributed by atoms with Crippen LogP contribution in [0, 0.1) is 6.92 Å². The fourth-order valence-corrected chi connectivity index (χ4v) is 3.05. The number of amides is 2. The van der Waals surface area contributed by atoms with E-state index in [2.05, 4.69) is 4.98 Å². The Morgan fingerprint density at radius 2 is 2.14 bits per heavy atom. The zero-order valence-corrected chi connectivity index (χ0v) is 12.3. The first-order valence-electron chi connectivity index (χ1n) is 6.20. The molecule has 1 saturated heterocycles. The van der Waals surface area contributed by atoms with Gasteiger partial charge >= 0.3 is 6.18 Å². The molecule has 1 atom stereocenters. The van der Waals surface area contributed by atoms with Crippen molar-refractivity contribution in [3.8, 4) is 0 Å². The van der Waals surface area contributed by atoms with Crippen LogP contribution in [0.3, 0.4) is 0 Å². The average Bonchev–Trinajstić information content (AvgIpc) is 2.86. The number of carbonyl (C=O) groups is 2. The lowest BCUT2D eigenvalue weighted by atomic mass is 10.2. The Balaban J connectivity index is 2.04. The highest BCUT2D eigenvalue weighted by atomic mass is 32.1. The second kappa shape index (κ2) is 5.72. The molecule has 0 aromatic carbocycles. The SMILES string of the molecule is Cc1ncc(CN(C)[C@@H]2CC(=O)N(CC(F)(F)F)C2=O)s1. The zero-order chi connectivity index (χ0) is 15.8. The van der Waals surface area contributed by atoms with Crippen LogP contribution in [-0.2, 0) is 16.1 Å². The summed E-state index contributed by atoms with van der Waals surface area (Å²) >= 11 is 1.45. The van der Waals surface area contributed by atoms with E-state index in [1.54, 1.807) is 18.1 Å². The van der Waals surface area contributed by atoms with Gasteiger partial charge in [0.15, 0.2) is 0 Å². The second-order valence-corrected chi connectivity index (χ2v) is 6.23. The number of likely N-dealkylation sites (tertiary alicyclic amines) is 1. The lowest BCUT2D eigenvalue weighted by molar-refractivity contribution is -0.166. The molecule has 1 aliphatic rings. The van der Waals surface area contributed by atoms with Gasteiger partial charge in [0.2, 0.25) is 11.8 Å². The summed E-state index contributed by atoms with van der Waals surface area (Å²) in [5.74, 6) is -1.57. The van der Waals surface area contributed by atoms with Gasteiger partial charge in [0.25, 0.3) is 0 Å².